The van der Waals surface area contributed by atoms with Crippen molar-refractivity contribution in [1.82, 2.24) is 14.9 Å². The molecule has 3 heterocycles. The highest BCUT2D eigenvalue weighted by molar-refractivity contribution is 5.94. The lowest BCUT2D eigenvalue weighted by molar-refractivity contribution is 0.0734. The molecule has 1 N–H and O–H groups in total. The van der Waals surface area contributed by atoms with Crippen LogP contribution in [0.2, 0.25) is 0 Å². The van der Waals surface area contributed by atoms with Gasteiger partial charge in [-0.05, 0) is 30.7 Å². The average molecular weight is 291 g/mol. The molecule has 0 saturated heterocycles. The van der Waals surface area contributed by atoms with Crippen molar-refractivity contribution in [2.24, 2.45) is 0 Å². The molecule has 0 atom stereocenters. The van der Waals surface area contributed by atoms with Gasteiger partial charge in [0.15, 0.2) is 0 Å². The van der Waals surface area contributed by atoms with Crippen LogP contribution in [0, 0.1) is 6.92 Å². The van der Waals surface area contributed by atoms with Crippen molar-refractivity contribution in [3.05, 3.63) is 65.1 Å². The number of fused-ring (bicyclic) bond motifs is 3. The quantitative estimate of drug-likeness (QED) is 0.749. The van der Waals surface area contributed by atoms with E-state index in [4.69, 9.17) is 0 Å². The normalized spacial score (nSPS) is 14.1. The Labute approximate surface area is 128 Å². The molecule has 4 heteroatoms. The molecule has 1 aliphatic heterocycles. The highest BCUT2D eigenvalue weighted by atomic mass is 16.2. The van der Waals surface area contributed by atoms with Crippen LogP contribution in [0.15, 0.2) is 42.7 Å². The van der Waals surface area contributed by atoms with E-state index in [9.17, 15) is 4.79 Å². The van der Waals surface area contributed by atoms with Crippen molar-refractivity contribution < 1.29 is 4.79 Å². The molecule has 0 radical (unpaired) electrons. The molecule has 22 heavy (non-hydrogen) atoms. The first-order valence-corrected chi connectivity index (χ1v) is 7.52. The number of nitrogens with one attached hydrogen (secondary N) is 1. The van der Waals surface area contributed by atoms with Crippen molar-refractivity contribution in [1.29, 1.82) is 0 Å². The predicted octanol–water partition coefficient (Wildman–Crippen LogP) is 3.07. The summed E-state index contributed by atoms with van der Waals surface area (Å²) >= 11 is 0. The van der Waals surface area contributed by atoms with Crippen molar-refractivity contribution >= 4 is 16.8 Å². The summed E-state index contributed by atoms with van der Waals surface area (Å²) in [7, 11) is 0. The fraction of sp³-hybridized carbons (Fsp3) is 0.222. The number of pyridine rings is 1. The van der Waals surface area contributed by atoms with E-state index >= 15 is 0 Å². The molecule has 110 valence electrons. The summed E-state index contributed by atoms with van der Waals surface area (Å²) < 4.78 is 0. The van der Waals surface area contributed by atoms with Gasteiger partial charge in [0.25, 0.3) is 5.91 Å². The van der Waals surface area contributed by atoms with Crippen LogP contribution in [0.4, 0.5) is 0 Å². The highest BCUT2D eigenvalue weighted by Crippen LogP contribution is 2.28. The van der Waals surface area contributed by atoms with E-state index < -0.39 is 0 Å². The zero-order valence-electron chi connectivity index (χ0n) is 12.5. The zero-order valence-corrected chi connectivity index (χ0v) is 12.5. The van der Waals surface area contributed by atoms with Crippen LogP contribution >= 0.6 is 0 Å². The Bertz CT molecular complexity index is 851. The Morgan fingerprint density at radius 2 is 2.23 bits per heavy atom. The fourth-order valence-electron chi connectivity index (χ4n) is 3.18. The number of carbonyl (C=O) groups excluding carboxylic acids is 1. The third kappa shape index (κ3) is 2.08. The van der Waals surface area contributed by atoms with Gasteiger partial charge in [0.1, 0.15) is 0 Å². The van der Waals surface area contributed by atoms with Crippen molar-refractivity contribution in [2.45, 2.75) is 19.9 Å². The lowest BCUT2D eigenvalue weighted by atomic mass is 10.0. The number of rotatable bonds is 1. The summed E-state index contributed by atoms with van der Waals surface area (Å²) in [5, 5.41) is 1.23. The zero-order chi connectivity index (χ0) is 15.1. The van der Waals surface area contributed by atoms with E-state index in [1.807, 2.05) is 11.0 Å². The predicted molar refractivity (Wildman–Crippen MR) is 85.7 cm³/mol. The van der Waals surface area contributed by atoms with Crippen LogP contribution in [0.1, 0.15) is 27.2 Å². The molecule has 0 saturated carbocycles. The van der Waals surface area contributed by atoms with E-state index in [1.54, 1.807) is 18.5 Å². The van der Waals surface area contributed by atoms with Gasteiger partial charge in [-0.3, -0.25) is 9.78 Å². The van der Waals surface area contributed by atoms with Crippen LogP contribution in [-0.4, -0.2) is 27.3 Å². The third-order valence-corrected chi connectivity index (χ3v) is 4.33. The molecular formula is C18H17N3O. The minimum atomic E-state index is 0.0558. The number of amides is 1. The molecule has 4 nitrogen and oxygen atoms in total. The fourth-order valence-corrected chi connectivity index (χ4v) is 3.18. The molecular weight excluding hydrogens is 274 g/mol. The molecule has 1 aliphatic rings. The van der Waals surface area contributed by atoms with Gasteiger partial charge in [0.2, 0.25) is 0 Å². The molecule has 0 spiro atoms. The summed E-state index contributed by atoms with van der Waals surface area (Å²) in [5.74, 6) is 0.0558. The maximum absolute atomic E-state index is 12.6. The Morgan fingerprint density at radius 1 is 1.32 bits per heavy atom. The monoisotopic (exact) mass is 291 g/mol. The van der Waals surface area contributed by atoms with E-state index in [2.05, 4.69) is 35.1 Å². The first-order valence-electron chi connectivity index (χ1n) is 7.52. The molecule has 1 aromatic carbocycles. The van der Waals surface area contributed by atoms with Gasteiger partial charge in [0, 0.05) is 54.1 Å². The standard InChI is InChI=1S/C18H17N3O/c1-12-4-5-14-15-11-21(8-6-16(15)20-17(14)9-12)18(22)13-3-2-7-19-10-13/h2-5,7,9-10,20H,6,8,11H2,1H3. The van der Waals surface area contributed by atoms with Crippen molar-refractivity contribution in [3.63, 3.8) is 0 Å². The largest absolute Gasteiger partial charge is 0.358 e. The third-order valence-electron chi connectivity index (χ3n) is 4.33. The second-order valence-electron chi connectivity index (χ2n) is 5.85. The summed E-state index contributed by atoms with van der Waals surface area (Å²) in [6, 6.07) is 10.1. The maximum atomic E-state index is 12.6. The lowest BCUT2D eigenvalue weighted by Crippen LogP contribution is -2.35. The van der Waals surface area contributed by atoms with Gasteiger partial charge in [0.05, 0.1) is 5.56 Å². The number of aromatic nitrogens is 2. The number of nitrogens with zero attached hydrogens (tertiary/aromatic N) is 2. The maximum Gasteiger partial charge on any atom is 0.255 e. The molecule has 0 aliphatic carbocycles. The number of hydrogen-bond donors (Lipinski definition) is 1. The number of hydrogen-bond acceptors (Lipinski definition) is 2. The average Bonchev–Trinajstić information content (AvgIpc) is 2.91. The molecule has 0 unspecified atom stereocenters. The van der Waals surface area contributed by atoms with Crippen LogP contribution in [0.25, 0.3) is 10.9 Å². The SMILES string of the molecule is Cc1ccc2c3c([nH]c2c1)CCN(C(=O)c1cccnc1)C3. The lowest BCUT2D eigenvalue weighted by Gasteiger charge is -2.27. The van der Waals surface area contributed by atoms with Crippen molar-refractivity contribution in [2.75, 3.05) is 6.54 Å². The molecule has 3 aromatic rings. The van der Waals surface area contributed by atoms with Gasteiger partial charge < -0.3 is 9.88 Å². The molecule has 4 rings (SSSR count). The number of benzene rings is 1. The van der Waals surface area contributed by atoms with E-state index in [0.717, 1.165) is 13.0 Å². The van der Waals surface area contributed by atoms with Crippen molar-refractivity contribution in [3.8, 4) is 0 Å². The molecule has 1 amide bonds. The van der Waals surface area contributed by atoms with Crippen LogP contribution in [0.3, 0.4) is 0 Å². The van der Waals surface area contributed by atoms with Crippen LogP contribution in [-0.2, 0) is 13.0 Å². The van der Waals surface area contributed by atoms with E-state index in [-0.39, 0.29) is 5.91 Å². The Balaban J connectivity index is 1.69. The summed E-state index contributed by atoms with van der Waals surface area (Å²) in [5.41, 5.74) is 5.58. The van der Waals surface area contributed by atoms with Crippen LogP contribution in [0.5, 0.6) is 0 Å². The molecule has 0 fully saturated rings. The first kappa shape index (κ1) is 13.1. The van der Waals surface area contributed by atoms with E-state index in [1.165, 1.54) is 27.7 Å². The molecule has 2 aromatic heterocycles. The second kappa shape index (κ2) is 4.98. The Kier molecular flexibility index (Phi) is 2.96. The van der Waals surface area contributed by atoms with Gasteiger partial charge >= 0.3 is 0 Å². The summed E-state index contributed by atoms with van der Waals surface area (Å²) in [6.45, 7) is 3.50. The summed E-state index contributed by atoms with van der Waals surface area (Å²) in [6.07, 6.45) is 4.19. The first-order chi connectivity index (χ1) is 10.7. The summed E-state index contributed by atoms with van der Waals surface area (Å²) in [4.78, 5) is 22.1. The Morgan fingerprint density at radius 3 is 3.05 bits per heavy atom. The highest BCUT2D eigenvalue weighted by Gasteiger charge is 2.24. The van der Waals surface area contributed by atoms with Gasteiger partial charge in [-0.25, -0.2) is 0 Å². The minimum absolute atomic E-state index is 0.0558. The smallest absolute Gasteiger partial charge is 0.255 e. The molecule has 0 bridgehead atoms. The number of aryl methyl sites for hydroxylation is 1. The number of carbonyl (C=O) groups is 1. The Hall–Kier alpha value is -2.62. The number of H-pyrrole nitrogens is 1. The minimum Gasteiger partial charge on any atom is -0.358 e. The van der Waals surface area contributed by atoms with Gasteiger partial charge in [-0.2, -0.15) is 0 Å². The van der Waals surface area contributed by atoms with E-state index in [0.29, 0.717) is 12.1 Å². The van der Waals surface area contributed by atoms with Crippen LogP contribution < -0.4 is 0 Å². The van der Waals surface area contributed by atoms with Gasteiger partial charge in [-0.15, -0.1) is 0 Å². The topological polar surface area (TPSA) is 49.0 Å². The second-order valence-corrected chi connectivity index (χ2v) is 5.85. The number of aromatic amines is 1. The van der Waals surface area contributed by atoms with Gasteiger partial charge in [-0.1, -0.05) is 12.1 Å².